The summed E-state index contributed by atoms with van der Waals surface area (Å²) in [5, 5.41) is 3.06. The number of nitrogens with zero attached hydrogens (tertiary/aromatic N) is 3. The van der Waals surface area contributed by atoms with E-state index in [0.717, 1.165) is 68.6 Å². The molecule has 3 heterocycles. The lowest BCUT2D eigenvalue weighted by Gasteiger charge is -2.41. The molecule has 6 nitrogen and oxygen atoms in total. The van der Waals surface area contributed by atoms with Crippen LogP contribution in [-0.4, -0.2) is 58.8 Å². The Hall–Kier alpha value is -2.73. The van der Waals surface area contributed by atoms with Gasteiger partial charge in [-0.05, 0) is 69.5 Å². The monoisotopic (exact) mass is 420 g/mol. The summed E-state index contributed by atoms with van der Waals surface area (Å²) in [7, 11) is 0. The molecule has 1 N–H and O–H groups in total. The summed E-state index contributed by atoms with van der Waals surface area (Å²) >= 11 is 0. The first-order valence-electron chi connectivity index (χ1n) is 11.4. The number of nitrogens with one attached hydrogen (secondary N) is 1. The van der Waals surface area contributed by atoms with Crippen LogP contribution in [0.2, 0.25) is 0 Å². The van der Waals surface area contributed by atoms with E-state index in [2.05, 4.69) is 15.2 Å². The van der Waals surface area contributed by atoms with E-state index in [1.807, 2.05) is 48.2 Å². The average Bonchev–Trinajstić information content (AvgIpc) is 2.83. The molecule has 0 radical (unpaired) electrons. The summed E-state index contributed by atoms with van der Waals surface area (Å²) in [6.07, 6.45) is 7.36. The molecule has 2 aliphatic heterocycles. The smallest absolute Gasteiger partial charge is 0.253 e. The van der Waals surface area contributed by atoms with E-state index in [1.54, 1.807) is 12.4 Å². The number of hydrogen-bond acceptors (Lipinski definition) is 4. The van der Waals surface area contributed by atoms with Gasteiger partial charge in [0.2, 0.25) is 5.91 Å². The van der Waals surface area contributed by atoms with Gasteiger partial charge in [0.25, 0.3) is 5.91 Å². The Morgan fingerprint density at radius 2 is 1.81 bits per heavy atom. The predicted molar refractivity (Wildman–Crippen MR) is 120 cm³/mol. The maximum absolute atomic E-state index is 12.8. The molecule has 2 aromatic rings. The molecule has 4 rings (SSSR count). The lowest BCUT2D eigenvalue weighted by molar-refractivity contribution is -0.126. The van der Waals surface area contributed by atoms with Crippen molar-refractivity contribution in [3.05, 3.63) is 65.5 Å². The highest BCUT2D eigenvalue weighted by molar-refractivity contribution is 5.94. The van der Waals surface area contributed by atoms with E-state index < -0.39 is 0 Å². The lowest BCUT2D eigenvalue weighted by Crippen LogP contribution is -2.50. The number of amides is 2. The molecule has 0 spiro atoms. The van der Waals surface area contributed by atoms with Crippen LogP contribution in [0.15, 0.2) is 48.8 Å². The van der Waals surface area contributed by atoms with Gasteiger partial charge in [0.15, 0.2) is 0 Å². The number of aryl methyl sites for hydroxylation is 1. The van der Waals surface area contributed by atoms with Gasteiger partial charge in [-0.1, -0.05) is 23.8 Å². The molecule has 0 atom stereocenters. The van der Waals surface area contributed by atoms with Crippen LogP contribution < -0.4 is 5.32 Å². The fourth-order valence-corrected chi connectivity index (χ4v) is 4.76. The number of likely N-dealkylation sites (tertiary alicyclic amines) is 2. The van der Waals surface area contributed by atoms with E-state index in [1.165, 1.54) is 0 Å². The van der Waals surface area contributed by atoms with Crippen LogP contribution in [-0.2, 0) is 11.3 Å². The molecule has 0 bridgehead atoms. The number of carbonyl (C=O) groups excluding carboxylic acids is 2. The summed E-state index contributed by atoms with van der Waals surface area (Å²) in [6, 6.07) is 12.2. The van der Waals surface area contributed by atoms with E-state index in [9.17, 15) is 9.59 Å². The van der Waals surface area contributed by atoms with Crippen molar-refractivity contribution in [3.63, 3.8) is 0 Å². The maximum Gasteiger partial charge on any atom is 0.253 e. The molecule has 2 saturated heterocycles. The molecule has 2 fully saturated rings. The van der Waals surface area contributed by atoms with Gasteiger partial charge in [0, 0.05) is 49.6 Å². The summed E-state index contributed by atoms with van der Waals surface area (Å²) in [4.78, 5) is 33.9. The highest BCUT2D eigenvalue weighted by Crippen LogP contribution is 2.25. The Balaban J connectivity index is 1.20. The van der Waals surface area contributed by atoms with Crippen molar-refractivity contribution >= 4 is 11.8 Å². The summed E-state index contributed by atoms with van der Waals surface area (Å²) in [6.45, 7) is 6.10. The Morgan fingerprint density at radius 1 is 1.03 bits per heavy atom. The highest BCUT2D eigenvalue weighted by atomic mass is 16.2. The standard InChI is InChI=1S/C25H32N4O2/c1-19-4-2-6-22(16-19)25(31)29-14-9-23(10-15-29)28-12-7-21(8-13-28)24(30)27-18-20-5-3-11-26-17-20/h2-6,11,16-17,21,23H,7-10,12-15,18H2,1H3,(H,27,30). The zero-order valence-electron chi connectivity index (χ0n) is 18.3. The molecular weight excluding hydrogens is 388 g/mol. The topological polar surface area (TPSA) is 65.5 Å². The van der Waals surface area contributed by atoms with Crippen LogP contribution in [0.1, 0.15) is 47.2 Å². The number of pyridine rings is 1. The molecule has 0 aliphatic carbocycles. The van der Waals surface area contributed by atoms with Gasteiger partial charge >= 0.3 is 0 Å². The average molecular weight is 421 g/mol. The number of hydrogen-bond donors (Lipinski definition) is 1. The SMILES string of the molecule is Cc1cccc(C(=O)N2CCC(N3CCC(C(=O)NCc4cccnc4)CC3)CC2)c1. The number of aromatic nitrogens is 1. The Labute approximate surface area is 184 Å². The molecule has 164 valence electrons. The Morgan fingerprint density at radius 3 is 2.48 bits per heavy atom. The van der Waals surface area contributed by atoms with Crippen LogP contribution >= 0.6 is 0 Å². The van der Waals surface area contributed by atoms with Gasteiger partial charge in [0.1, 0.15) is 0 Å². The van der Waals surface area contributed by atoms with Crippen molar-refractivity contribution in [2.75, 3.05) is 26.2 Å². The molecule has 2 aliphatic rings. The van der Waals surface area contributed by atoms with Gasteiger partial charge in [-0.3, -0.25) is 14.6 Å². The van der Waals surface area contributed by atoms with Crippen molar-refractivity contribution in [2.24, 2.45) is 5.92 Å². The van der Waals surface area contributed by atoms with Crippen molar-refractivity contribution < 1.29 is 9.59 Å². The van der Waals surface area contributed by atoms with Crippen LogP contribution in [0.4, 0.5) is 0 Å². The van der Waals surface area contributed by atoms with Gasteiger partial charge in [-0.25, -0.2) is 0 Å². The molecule has 1 aromatic carbocycles. The van der Waals surface area contributed by atoms with Crippen LogP contribution in [0, 0.1) is 12.8 Å². The second-order valence-corrected chi connectivity index (χ2v) is 8.78. The first-order chi connectivity index (χ1) is 15.1. The third-order valence-electron chi connectivity index (χ3n) is 6.62. The zero-order chi connectivity index (χ0) is 21.6. The van der Waals surface area contributed by atoms with Crippen molar-refractivity contribution in [3.8, 4) is 0 Å². The summed E-state index contributed by atoms with van der Waals surface area (Å²) < 4.78 is 0. The fourth-order valence-electron chi connectivity index (χ4n) is 4.76. The van der Waals surface area contributed by atoms with Gasteiger partial charge in [-0.2, -0.15) is 0 Å². The van der Waals surface area contributed by atoms with Crippen LogP contribution in [0.5, 0.6) is 0 Å². The zero-order valence-corrected chi connectivity index (χ0v) is 18.3. The normalized spacial score (nSPS) is 18.7. The highest BCUT2D eigenvalue weighted by Gasteiger charge is 2.31. The molecule has 0 unspecified atom stereocenters. The van der Waals surface area contributed by atoms with Gasteiger partial charge < -0.3 is 15.1 Å². The fraction of sp³-hybridized carbons (Fsp3) is 0.480. The molecule has 2 amide bonds. The van der Waals surface area contributed by atoms with E-state index in [0.29, 0.717) is 12.6 Å². The quantitative estimate of drug-likeness (QED) is 0.808. The van der Waals surface area contributed by atoms with Gasteiger partial charge in [-0.15, -0.1) is 0 Å². The predicted octanol–water partition coefficient (Wildman–Crippen LogP) is 3.02. The van der Waals surface area contributed by atoms with Crippen molar-refractivity contribution in [1.82, 2.24) is 20.1 Å². The van der Waals surface area contributed by atoms with Crippen molar-refractivity contribution in [1.29, 1.82) is 0 Å². The molecular formula is C25H32N4O2. The molecule has 31 heavy (non-hydrogen) atoms. The first kappa shape index (κ1) is 21.5. The number of rotatable bonds is 5. The minimum Gasteiger partial charge on any atom is -0.352 e. The van der Waals surface area contributed by atoms with E-state index >= 15 is 0 Å². The van der Waals surface area contributed by atoms with Gasteiger partial charge in [0.05, 0.1) is 0 Å². The summed E-state index contributed by atoms with van der Waals surface area (Å²) in [5.41, 5.74) is 2.94. The maximum atomic E-state index is 12.8. The van der Waals surface area contributed by atoms with Crippen LogP contribution in [0.3, 0.4) is 0 Å². The number of piperidine rings is 2. The Bertz CT molecular complexity index is 885. The number of carbonyl (C=O) groups is 2. The molecule has 6 heteroatoms. The molecule has 1 aromatic heterocycles. The third-order valence-corrected chi connectivity index (χ3v) is 6.62. The first-order valence-corrected chi connectivity index (χ1v) is 11.4. The Kier molecular flexibility index (Phi) is 6.97. The van der Waals surface area contributed by atoms with E-state index in [4.69, 9.17) is 0 Å². The number of benzene rings is 1. The minimum absolute atomic E-state index is 0.0934. The van der Waals surface area contributed by atoms with Crippen LogP contribution in [0.25, 0.3) is 0 Å². The molecule has 0 saturated carbocycles. The van der Waals surface area contributed by atoms with E-state index in [-0.39, 0.29) is 17.7 Å². The minimum atomic E-state index is 0.0934. The lowest BCUT2D eigenvalue weighted by atomic mass is 9.92. The van der Waals surface area contributed by atoms with Crippen molar-refractivity contribution in [2.45, 2.75) is 45.2 Å². The second kappa shape index (κ2) is 10.1. The third kappa shape index (κ3) is 5.50. The second-order valence-electron chi connectivity index (χ2n) is 8.78. The summed E-state index contributed by atoms with van der Waals surface area (Å²) in [5.74, 6) is 0.393. The largest absolute Gasteiger partial charge is 0.352 e.